The molecule has 0 amide bonds. The Hall–Kier alpha value is -1.92. The summed E-state index contributed by atoms with van der Waals surface area (Å²) in [4.78, 5) is 8.65. The van der Waals surface area contributed by atoms with E-state index in [0.717, 1.165) is 6.42 Å². The predicted molar refractivity (Wildman–Crippen MR) is 80.1 cm³/mol. The Morgan fingerprint density at radius 2 is 2.14 bits per heavy atom. The number of aryl methyl sites for hydroxylation is 1. The van der Waals surface area contributed by atoms with Crippen LogP contribution in [0.25, 0.3) is 0 Å². The molecule has 2 aromatic rings. The van der Waals surface area contributed by atoms with Gasteiger partial charge in [-0.2, -0.15) is 4.98 Å². The monoisotopic (exact) mass is 310 g/mol. The lowest BCUT2D eigenvalue weighted by atomic mass is 10.2. The second-order valence-corrected chi connectivity index (χ2v) is 4.90. The Kier molecular flexibility index (Phi) is 4.93. The lowest BCUT2D eigenvalue weighted by molar-refractivity contribution is 0.453. The number of nitrogens with zero attached hydrogens (tertiary/aromatic N) is 2. The highest BCUT2D eigenvalue weighted by molar-refractivity contribution is 6.32. The van der Waals surface area contributed by atoms with Crippen molar-refractivity contribution in [3.63, 3.8) is 0 Å². The SMILES string of the molecule is CCCc1nc(NN)c(C)c(Oc2ccc(F)cc2Cl)n1. The van der Waals surface area contributed by atoms with Crippen LogP contribution in [0.4, 0.5) is 10.2 Å². The molecule has 0 bridgehead atoms. The van der Waals surface area contributed by atoms with Gasteiger partial charge in [0, 0.05) is 6.42 Å². The Balaban J connectivity index is 2.40. The molecule has 7 heteroatoms. The van der Waals surface area contributed by atoms with E-state index >= 15 is 0 Å². The van der Waals surface area contributed by atoms with Crippen molar-refractivity contribution in [1.82, 2.24) is 9.97 Å². The first-order valence-electron chi connectivity index (χ1n) is 6.52. The van der Waals surface area contributed by atoms with E-state index in [1.807, 2.05) is 6.92 Å². The van der Waals surface area contributed by atoms with Crippen LogP contribution in [0.1, 0.15) is 24.7 Å². The van der Waals surface area contributed by atoms with Gasteiger partial charge in [-0.05, 0) is 31.5 Å². The van der Waals surface area contributed by atoms with Crippen LogP contribution in [-0.2, 0) is 6.42 Å². The number of nitrogens with two attached hydrogens (primary N) is 1. The van der Waals surface area contributed by atoms with Crippen molar-refractivity contribution >= 4 is 17.4 Å². The largest absolute Gasteiger partial charge is 0.437 e. The van der Waals surface area contributed by atoms with E-state index in [1.54, 1.807) is 6.92 Å². The van der Waals surface area contributed by atoms with Crippen LogP contribution >= 0.6 is 11.6 Å². The Bertz CT molecular complexity index is 651. The number of nitrogens with one attached hydrogen (secondary N) is 1. The van der Waals surface area contributed by atoms with Crippen LogP contribution < -0.4 is 16.0 Å². The molecule has 3 N–H and O–H groups in total. The van der Waals surface area contributed by atoms with E-state index in [0.29, 0.717) is 35.3 Å². The van der Waals surface area contributed by atoms with Crippen molar-refractivity contribution in [2.24, 2.45) is 5.84 Å². The fraction of sp³-hybridized carbons (Fsp3) is 0.286. The predicted octanol–water partition coefficient (Wildman–Crippen LogP) is 3.61. The number of halogens is 2. The fourth-order valence-corrected chi connectivity index (χ4v) is 1.98. The highest BCUT2D eigenvalue weighted by atomic mass is 35.5. The van der Waals surface area contributed by atoms with Crippen LogP contribution in [-0.4, -0.2) is 9.97 Å². The molecule has 1 aromatic heterocycles. The second-order valence-electron chi connectivity index (χ2n) is 4.49. The molecule has 0 aliphatic heterocycles. The van der Waals surface area contributed by atoms with Gasteiger partial charge in [0.2, 0.25) is 5.88 Å². The third-order valence-corrected chi connectivity index (χ3v) is 3.15. The van der Waals surface area contributed by atoms with Gasteiger partial charge in [0.15, 0.2) is 0 Å². The minimum absolute atomic E-state index is 0.173. The van der Waals surface area contributed by atoms with E-state index in [9.17, 15) is 4.39 Å². The number of aromatic nitrogens is 2. The van der Waals surface area contributed by atoms with Gasteiger partial charge in [0.1, 0.15) is 23.2 Å². The number of hydrogen-bond donors (Lipinski definition) is 2. The molecule has 112 valence electrons. The minimum Gasteiger partial charge on any atom is -0.437 e. The van der Waals surface area contributed by atoms with Crippen molar-refractivity contribution in [1.29, 1.82) is 0 Å². The van der Waals surface area contributed by atoms with Crippen LogP contribution in [0, 0.1) is 12.7 Å². The summed E-state index contributed by atoms with van der Waals surface area (Å²) in [7, 11) is 0. The Morgan fingerprint density at radius 3 is 2.76 bits per heavy atom. The maximum atomic E-state index is 13.1. The van der Waals surface area contributed by atoms with Gasteiger partial charge < -0.3 is 10.2 Å². The average molecular weight is 311 g/mol. The number of benzene rings is 1. The number of ether oxygens (including phenoxy) is 1. The molecule has 0 spiro atoms. The first-order valence-corrected chi connectivity index (χ1v) is 6.90. The first kappa shape index (κ1) is 15.5. The number of hydrazine groups is 1. The highest BCUT2D eigenvalue weighted by Crippen LogP contribution is 2.32. The molecule has 0 fully saturated rings. The van der Waals surface area contributed by atoms with Crippen molar-refractivity contribution in [3.8, 4) is 11.6 Å². The smallest absolute Gasteiger partial charge is 0.227 e. The van der Waals surface area contributed by atoms with Gasteiger partial charge in [-0.25, -0.2) is 15.2 Å². The summed E-state index contributed by atoms with van der Waals surface area (Å²) in [6.45, 7) is 3.80. The normalized spacial score (nSPS) is 10.5. The molecule has 0 aliphatic carbocycles. The number of rotatable bonds is 5. The van der Waals surface area contributed by atoms with Crippen LogP contribution in [0.5, 0.6) is 11.6 Å². The van der Waals surface area contributed by atoms with E-state index in [2.05, 4.69) is 15.4 Å². The van der Waals surface area contributed by atoms with Crippen molar-refractivity contribution < 1.29 is 9.13 Å². The van der Waals surface area contributed by atoms with E-state index in [-0.39, 0.29) is 5.02 Å². The maximum absolute atomic E-state index is 13.1. The average Bonchev–Trinajstić information content (AvgIpc) is 2.45. The van der Waals surface area contributed by atoms with E-state index < -0.39 is 5.82 Å². The quantitative estimate of drug-likeness (QED) is 0.652. The fourth-order valence-electron chi connectivity index (χ4n) is 1.78. The molecule has 0 unspecified atom stereocenters. The molecule has 0 radical (unpaired) electrons. The third-order valence-electron chi connectivity index (χ3n) is 2.86. The third kappa shape index (κ3) is 3.59. The summed E-state index contributed by atoms with van der Waals surface area (Å²) in [6, 6.07) is 3.91. The molecular weight excluding hydrogens is 295 g/mol. The lowest BCUT2D eigenvalue weighted by Crippen LogP contribution is -2.13. The molecule has 0 saturated heterocycles. The molecular formula is C14H16ClFN4O. The molecule has 0 atom stereocenters. The zero-order valence-electron chi connectivity index (χ0n) is 11.8. The molecule has 1 heterocycles. The molecule has 2 rings (SSSR count). The number of hydrogen-bond acceptors (Lipinski definition) is 5. The van der Waals surface area contributed by atoms with Crippen LogP contribution in [0.15, 0.2) is 18.2 Å². The number of anilines is 1. The molecule has 5 nitrogen and oxygen atoms in total. The van der Waals surface area contributed by atoms with E-state index in [1.165, 1.54) is 18.2 Å². The van der Waals surface area contributed by atoms with Gasteiger partial charge in [-0.3, -0.25) is 0 Å². The zero-order chi connectivity index (χ0) is 15.4. The summed E-state index contributed by atoms with van der Waals surface area (Å²) in [6.07, 6.45) is 1.59. The van der Waals surface area contributed by atoms with Crippen LogP contribution in [0.2, 0.25) is 5.02 Å². The van der Waals surface area contributed by atoms with Gasteiger partial charge in [0.05, 0.1) is 10.6 Å². The molecule has 0 aliphatic rings. The van der Waals surface area contributed by atoms with E-state index in [4.69, 9.17) is 22.2 Å². The molecule has 0 saturated carbocycles. The van der Waals surface area contributed by atoms with Gasteiger partial charge in [0.25, 0.3) is 0 Å². The summed E-state index contributed by atoms with van der Waals surface area (Å²) in [5.74, 6) is 6.80. The van der Waals surface area contributed by atoms with Gasteiger partial charge >= 0.3 is 0 Å². The number of nitrogen functional groups attached to an aromatic ring is 1. The van der Waals surface area contributed by atoms with Gasteiger partial charge in [-0.1, -0.05) is 18.5 Å². The Labute approximate surface area is 127 Å². The van der Waals surface area contributed by atoms with Crippen molar-refractivity contribution in [2.75, 3.05) is 5.43 Å². The minimum atomic E-state index is -0.428. The van der Waals surface area contributed by atoms with Gasteiger partial charge in [-0.15, -0.1) is 0 Å². The van der Waals surface area contributed by atoms with Crippen molar-refractivity contribution in [2.45, 2.75) is 26.7 Å². The second kappa shape index (κ2) is 6.69. The summed E-state index contributed by atoms with van der Waals surface area (Å²) in [5.41, 5.74) is 3.17. The standard InChI is InChI=1S/C14H16ClFN4O/c1-3-4-12-18-13(20-17)8(2)14(19-12)21-11-6-5-9(16)7-10(11)15/h5-7H,3-4,17H2,1-2H3,(H,18,19,20). The topological polar surface area (TPSA) is 73.1 Å². The summed E-state index contributed by atoms with van der Waals surface area (Å²) >= 11 is 5.96. The summed E-state index contributed by atoms with van der Waals surface area (Å²) < 4.78 is 18.7. The van der Waals surface area contributed by atoms with Crippen LogP contribution in [0.3, 0.4) is 0 Å². The highest BCUT2D eigenvalue weighted by Gasteiger charge is 2.13. The first-order chi connectivity index (χ1) is 10.0. The Morgan fingerprint density at radius 1 is 1.38 bits per heavy atom. The molecule has 1 aromatic carbocycles. The lowest BCUT2D eigenvalue weighted by Gasteiger charge is -2.13. The maximum Gasteiger partial charge on any atom is 0.227 e. The molecule has 21 heavy (non-hydrogen) atoms. The zero-order valence-corrected chi connectivity index (χ0v) is 12.5. The van der Waals surface area contributed by atoms with Crippen molar-refractivity contribution in [3.05, 3.63) is 40.4 Å². The summed E-state index contributed by atoms with van der Waals surface area (Å²) in [5, 5.41) is 0.173.